The van der Waals surface area contributed by atoms with Gasteiger partial charge in [0.25, 0.3) is 0 Å². The van der Waals surface area contributed by atoms with Gasteiger partial charge >= 0.3 is 0 Å². The van der Waals surface area contributed by atoms with Gasteiger partial charge in [0.1, 0.15) is 12.0 Å². The Labute approximate surface area is 82.9 Å². The van der Waals surface area contributed by atoms with Gasteiger partial charge in [0, 0.05) is 5.39 Å². The first-order chi connectivity index (χ1) is 6.92. The van der Waals surface area contributed by atoms with Crippen molar-refractivity contribution in [3.8, 4) is 5.75 Å². The molecule has 2 rings (SSSR count). The third kappa shape index (κ3) is 1.54. The number of hydrogen-bond donors (Lipinski definition) is 0. The molecule has 0 saturated carbocycles. The maximum absolute atomic E-state index is 5.37. The van der Waals surface area contributed by atoms with Gasteiger partial charge in [0.2, 0.25) is 0 Å². The summed E-state index contributed by atoms with van der Waals surface area (Å²) in [5, 5.41) is 2.27. The second-order valence-electron chi connectivity index (χ2n) is 2.92. The fourth-order valence-corrected chi connectivity index (χ4v) is 1.40. The minimum atomic E-state index is 0.833. The van der Waals surface area contributed by atoms with Crippen LogP contribution in [0, 0.1) is 0 Å². The topological polar surface area (TPSA) is 9.23 Å². The number of benzene rings is 2. The van der Waals surface area contributed by atoms with E-state index in [1.165, 1.54) is 11.6 Å². The van der Waals surface area contributed by atoms with E-state index >= 15 is 0 Å². The summed E-state index contributed by atoms with van der Waals surface area (Å²) in [6, 6.07) is 14.0. The highest BCUT2D eigenvalue weighted by atomic mass is 16.5. The molecule has 0 aromatic heterocycles. The zero-order valence-electron chi connectivity index (χ0n) is 7.73. The SMILES string of the molecule is C=C=COc1cccc2ccccc12. The summed E-state index contributed by atoms with van der Waals surface area (Å²) in [6.07, 6.45) is 1.46. The van der Waals surface area contributed by atoms with Gasteiger partial charge in [0.05, 0.1) is 0 Å². The fraction of sp³-hybridized carbons (Fsp3) is 0. The average molecular weight is 182 g/mol. The zero-order chi connectivity index (χ0) is 9.80. The van der Waals surface area contributed by atoms with Gasteiger partial charge in [-0.3, -0.25) is 0 Å². The highest BCUT2D eigenvalue weighted by Crippen LogP contribution is 2.24. The van der Waals surface area contributed by atoms with Crippen molar-refractivity contribution in [1.29, 1.82) is 0 Å². The molecule has 0 aliphatic rings. The maximum atomic E-state index is 5.37. The van der Waals surface area contributed by atoms with Crippen LogP contribution in [0.4, 0.5) is 0 Å². The predicted octanol–water partition coefficient (Wildman–Crippen LogP) is 3.52. The quantitative estimate of drug-likeness (QED) is 0.510. The van der Waals surface area contributed by atoms with Crippen LogP contribution in [-0.2, 0) is 0 Å². The molecule has 0 unspecified atom stereocenters. The highest BCUT2D eigenvalue weighted by molar-refractivity contribution is 5.88. The molecule has 0 amide bonds. The molecular formula is C13H10O. The Bertz CT molecular complexity index is 488. The summed E-state index contributed by atoms with van der Waals surface area (Å²) >= 11 is 0. The first kappa shape index (κ1) is 8.61. The van der Waals surface area contributed by atoms with Crippen molar-refractivity contribution in [2.75, 3.05) is 0 Å². The van der Waals surface area contributed by atoms with Crippen molar-refractivity contribution in [3.05, 3.63) is 61.0 Å². The minimum Gasteiger partial charge on any atom is -0.456 e. The van der Waals surface area contributed by atoms with Crippen LogP contribution in [0.1, 0.15) is 0 Å². The van der Waals surface area contributed by atoms with Crippen LogP contribution in [0.25, 0.3) is 10.8 Å². The van der Waals surface area contributed by atoms with Crippen LogP contribution in [0.2, 0.25) is 0 Å². The zero-order valence-corrected chi connectivity index (χ0v) is 7.73. The third-order valence-corrected chi connectivity index (χ3v) is 2.02. The van der Waals surface area contributed by atoms with E-state index in [0.717, 1.165) is 11.1 Å². The lowest BCUT2D eigenvalue weighted by molar-refractivity contribution is 0.488. The molecule has 0 fully saturated rings. The Morgan fingerprint density at radius 1 is 1.07 bits per heavy atom. The molecule has 2 aromatic carbocycles. The third-order valence-electron chi connectivity index (χ3n) is 2.02. The van der Waals surface area contributed by atoms with Gasteiger partial charge in [-0.25, -0.2) is 0 Å². The molecular weight excluding hydrogens is 172 g/mol. The Balaban J connectivity index is 2.58. The lowest BCUT2D eigenvalue weighted by Crippen LogP contribution is -1.82. The molecule has 1 nitrogen and oxygen atoms in total. The lowest BCUT2D eigenvalue weighted by atomic mass is 10.1. The Kier molecular flexibility index (Phi) is 2.35. The van der Waals surface area contributed by atoms with Crippen LogP contribution in [0.5, 0.6) is 5.75 Å². The van der Waals surface area contributed by atoms with E-state index in [9.17, 15) is 0 Å². The number of hydrogen-bond acceptors (Lipinski definition) is 1. The predicted molar refractivity (Wildman–Crippen MR) is 58.3 cm³/mol. The molecule has 2 aromatic rings. The molecule has 0 spiro atoms. The number of ether oxygens (including phenoxy) is 1. The molecule has 0 aliphatic carbocycles. The molecule has 0 heterocycles. The monoisotopic (exact) mass is 182 g/mol. The van der Waals surface area contributed by atoms with E-state index in [4.69, 9.17) is 4.74 Å². The van der Waals surface area contributed by atoms with E-state index in [2.05, 4.69) is 24.4 Å². The summed E-state index contributed by atoms with van der Waals surface area (Å²) < 4.78 is 5.37. The molecule has 14 heavy (non-hydrogen) atoms. The van der Waals surface area contributed by atoms with Gasteiger partial charge in [-0.05, 0) is 11.5 Å². The molecule has 68 valence electrons. The van der Waals surface area contributed by atoms with Gasteiger partial charge in [-0.15, -0.1) is 0 Å². The van der Waals surface area contributed by atoms with E-state index in [1.807, 2.05) is 30.3 Å². The van der Waals surface area contributed by atoms with Crippen LogP contribution in [0.3, 0.4) is 0 Å². The standard InChI is InChI=1S/C13H10O/c1-2-10-14-13-9-5-7-11-6-3-4-8-12(11)13/h3-10H,1H2. The van der Waals surface area contributed by atoms with E-state index < -0.39 is 0 Å². The summed E-state index contributed by atoms with van der Waals surface area (Å²) in [6.45, 7) is 3.45. The van der Waals surface area contributed by atoms with Crippen LogP contribution < -0.4 is 4.74 Å². The Hall–Kier alpha value is -1.98. The number of fused-ring (bicyclic) bond motifs is 1. The van der Waals surface area contributed by atoms with E-state index in [-0.39, 0.29) is 0 Å². The summed E-state index contributed by atoms with van der Waals surface area (Å²) in [5.74, 6) is 0.833. The molecule has 0 saturated heterocycles. The first-order valence-corrected chi connectivity index (χ1v) is 4.40. The van der Waals surface area contributed by atoms with Crippen molar-refractivity contribution >= 4 is 10.8 Å². The smallest absolute Gasteiger partial charge is 0.135 e. The highest BCUT2D eigenvalue weighted by Gasteiger charge is 1.98. The maximum Gasteiger partial charge on any atom is 0.135 e. The Morgan fingerprint density at radius 2 is 1.86 bits per heavy atom. The molecule has 0 aliphatic heterocycles. The molecule has 0 atom stereocenters. The van der Waals surface area contributed by atoms with Crippen LogP contribution in [0.15, 0.2) is 61.0 Å². The van der Waals surface area contributed by atoms with Crippen molar-refractivity contribution in [2.45, 2.75) is 0 Å². The van der Waals surface area contributed by atoms with Crippen molar-refractivity contribution < 1.29 is 4.74 Å². The van der Waals surface area contributed by atoms with Crippen molar-refractivity contribution in [2.24, 2.45) is 0 Å². The summed E-state index contributed by atoms with van der Waals surface area (Å²) in [4.78, 5) is 0. The Morgan fingerprint density at radius 3 is 2.71 bits per heavy atom. The van der Waals surface area contributed by atoms with Gasteiger partial charge in [-0.2, -0.15) is 0 Å². The summed E-state index contributed by atoms with van der Waals surface area (Å²) in [7, 11) is 0. The van der Waals surface area contributed by atoms with E-state index in [1.54, 1.807) is 0 Å². The fourth-order valence-electron chi connectivity index (χ4n) is 1.40. The van der Waals surface area contributed by atoms with Crippen molar-refractivity contribution in [3.63, 3.8) is 0 Å². The molecule has 1 heteroatoms. The van der Waals surface area contributed by atoms with Crippen LogP contribution in [-0.4, -0.2) is 0 Å². The largest absolute Gasteiger partial charge is 0.456 e. The first-order valence-electron chi connectivity index (χ1n) is 4.40. The summed E-state index contributed by atoms with van der Waals surface area (Å²) in [5.41, 5.74) is 2.58. The van der Waals surface area contributed by atoms with Gasteiger partial charge in [-0.1, -0.05) is 48.7 Å². The molecule has 0 N–H and O–H groups in total. The average Bonchev–Trinajstić information content (AvgIpc) is 2.26. The second-order valence-corrected chi connectivity index (χ2v) is 2.92. The normalized spacial score (nSPS) is 9.43. The second kappa shape index (κ2) is 3.82. The van der Waals surface area contributed by atoms with Gasteiger partial charge in [0.15, 0.2) is 0 Å². The lowest BCUT2D eigenvalue weighted by Gasteiger charge is -2.03. The van der Waals surface area contributed by atoms with Gasteiger partial charge < -0.3 is 4.74 Å². The van der Waals surface area contributed by atoms with E-state index in [0.29, 0.717) is 0 Å². The number of rotatable bonds is 2. The van der Waals surface area contributed by atoms with Crippen LogP contribution >= 0.6 is 0 Å². The minimum absolute atomic E-state index is 0.833. The van der Waals surface area contributed by atoms with Crippen molar-refractivity contribution in [1.82, 2.24) is 0 Å². The molecule has 0 radical (unpaired) electrons. The molecule has 0 bridgehead atoms.